The summed E-state index contributed by atoms with van der Waals surface area (Å²) in [4.78, 5) is 14.7. The van der Waals surface area contributed by atoms with Crippen LogP contribution in [0.3, 0.4) is 0 Å². The standard InChI is InChI=1S/C20H22ClFN2O/c1-13-11-16(22)7-8-17(13)18-12-23-10-9-19(18)24(2)20(25)14-3-5-15(21)6-4-14/h3-8,11,18-19,23H,9-10,12H2,1-2H3/t18-,19+/m0/s1. The Morgan fingerprint density at radius 1 is 1.24 bits per heavy atom. The van der Waals surface area contributed by atoms with Crippen LogP contribution in [-0.4, -0.2) is 37.0 Å². The molecule has 0 unspecified atom stereocenters. The van der Waals surface area contributed by atoms with Gasteiger partial charge in [-0.15, -0.1) is 0 Å². The summed E-state index contributed by atoms with van der Waals surface area (Å²) in [6.45, 7) is 3.56. The van der Waals surface area contributed by atoms with Crippen LogP contribution in [0.25, 0.3) is 0 Å². The van der Waals surface area contributed by atoms with Crippen LogP contribution in [0.5, 0.6) is 0 Å². The first-order valence-corrected chi connectivity index (χ1v) is 8.84. The zero-order valence-electron chi connectivity index (χ0n) is 14.4. The molecule has 1 aliphatic heterocycles. The van der Waals surface area contributed by atoms with E-state index in [0.29, 0.717) is 10.6 Å². The highest BCUT2D eigenvalue weighted by Crippen LogP contribution is 2.30. The topological polar surface area (TPSA) is 32.3 Å². The van der Waals surface area contributed by atoms with Gasteiger partial charge in [-0.3, -0.25) is 4.79 Å². The third-order valence-electron chi connectivity index (χ3n) is 4.99. The minimum Gasteiger partial charge on any atom is -0.338 e. The van der Waals surface area contributed by atoms with Crippen molar-refractivity contribution in [2.45, 2.75) is 25.3 Å². The number of hydrogen-bond acceptors (Lipinski definition) is 2. The molecule has 0 spiro atoms. The number of likely N-dealkylation sites (N-methyl/N-ethyl adjacent to an activating group) is 1. The number of amides is 1. The van der Waals surface area contributed by atoms with E-state index in [1.807, 2.05) is 24.9 Å². The summed E-state index contributed by atoms with van der Waals surface area (Å²) in [6, 6.07) is 11.9. The summed E-state index contributed by atoms with van der Waals surface area (Å²) in [5.41, 5.74) is 2.64. The van der Waals surface area contributed by atoms with Gasteiger partial charge in [-0.1, -0.05) is 17.7 Å². The van der Waals surface area contributed by atoms with Crippen molar-refractivity contribution in [1.29, 1.82) is 0 Å². The van der Waals surface area contributed by atoms with Crippen LogP contribution in [0.2, 0.25) is 5.02 Å². The first kappa shape index (κ1) is 17.9. The molecule has 0 saturated carbocycles. The van der Waals surface area contributed by atoms with Crippen molar-refractivity contribution in [2.24, 2.45) is 0 Å². The maximum absolute atomic E-state index is 13.5. The molecule has 132 valence electrons. The van der Waals surface area contributed by atoms with Gasteiger partial charge in [0.2, 0.25) is 0 Å². The summed E-state index contributed by atoms with van der Waals surface area (Å²) in [6.07, 6.45) is 0.858. The number of benzene rings is 2. The second kappa shape index (κ2) is 7.54. The van der Waals surface area contributed by atoms with Crippen LogP contribution in [0, 0.1) is 12.7 Å². The molecule has 0 bridgehead atoms. The third kappa shape index (κ3) is 3.86. The fourth-order valence-electron chi connectivity index (χ4n) is 3.63. The van der Waals surface area contributed by atoms with E-state index in [4.69, 9.17) is 11.6 Å². The van der Waals surface area contributed by atoms with Gasteiger partial charge in [-0.25, -0.2) is 4.39 Å². The predicted molar refractivity (Wildman–Crippen MR) is 98.7 cm³/mol. The van der Waals surface area contributed by atoms with Crippen LogP contribution < -0.4 is 5.32 Å². The summed E-state index contributed by atoms with van der Waals surface area (Å²) >= 11 is 5.91. The Bertz CT molecular complexity index is 763. The molecule has 0 radical (unpaired) electrons. The van der Waals surface area contributed by atoms with Gasteiger partial charge in [0.05, 0.1) is 0 Å². The molecule has 1 saturated heterocycles. The lowest BCUT2D eigenvalue weighted by atomic mass is 9.83. The number of nitrogens with zero attached hydrogens (tertiary/aromatic N) is 1. The van der Waals surface area contributed by atoms with E-state index in [1.54, 1.807) is 30.3 Å². The van der Waals surface area contributed by atoms with Gasteiger partial charge < -0.3 is 10.2 Å². The van der Waals surface area contributed by atoms with Crippen LogP contribution in [0.1, 0.15) is 33.8 Å². The molecule has 2 aromatic rings. The highest BCUT2D eigenvalue weighted by molar-refractivity contribution is 6.30. The number of aryl methyl sites for hydroxylation is 1. The zero-order valence-corrected chi connectivity index (χ0v) is 15.2. The molecule has 0 aromatic heterocycles. The molecule has 1 amide bonds. The Morgan fingerprint density at radius 3 is 2.64 bits per heavy atom. The van der Waals surface area contributed by atoms with Crippen LogP contribution in [0.15, 0.2) is 42.5 Å². The lowest BCUT2D eigenvalue weighted by Crippen LogP contribution is -2.49. The summed E-state index contributed by atoms with van der Waals surface area (Å²) in [7, 11) is 1.85. The normalized spacial score (nSPS) is 20.3. The fraction of sp³-hybridized carbons (Fsp3) is 0.350. The lowest BCUT2D eigenvalue weighted by molar-refractivity contribution is 0.0678. The molecule has 1 heterocycles. The van der Waals surface area contributed by atoms with E-state index < -0.39 is 0 Å². The monoisotopic (exact) mass is 360 g/mol. The third-order valence-corrected chi connectivity index (χ3v) is 5.24. The number of halogens is 2. The summed E-state index contributed by atoms with van der Waals surface area (Å²) in [5.74, 6) is -0.115. The molecular formula is C20H22ClFN2O. The molecule has 5 heteroatoms. The molecule has 2 aromatic carbocycles. The van der Waals surface area contributed by atoms with Crippen LogP contribution >= 0.6 is 11.6 Å². The average molecular weight is 361 g/mol. The lowest BCUT2D eigenvalue weighted by Gasteiger charge is -2.39. The largest absolute Gasteiger partial charge is 0.338 e. The molecule has 2 atom stereocenters. The van der Waals surface area contributed by atoms with Crippen molar-refractivity contribution in [3.05, 3.63) is 70.0 Å². The van der Waals surface area contributed by atoms with Crippen LogP contribution in [0.4, 0.5) is 4.39 Å². The van der Waals surface area contributed by atoms with Gasteiger partial charge in [0, 0.05) is 36.1 Å². The SMILES string of the molecule is Cc1cc(F)ccc1[C@@H]1CNCC[C@H]1N(C)C(=O)c1ccc(Cl)cc1. The number of rotatable bonds is 3. The van der Waals surface area contributed by atoms with E-state index in [9.17, 15) is 9.18 Å². The molecule has 0 aliphatic carbocycles. The van der Waals surface area contributed by atoms with Gasteiger partial charge in [-0.05, 0) is 67.4 Å². The van der Waals surface area contributed by atoms with Gasteiger partial charge in [-0.2, -0.15) is 0 Å². The number of nitrogens with one attached hydrogen (secondary N) is 1. The van der Waals surface area contributed by atoms with Crippen molar-refractivity contribution in [3.63, 3.8) is 0 Å². The Morgan fingerprint density at radius 2 is 1.96 bits per heavy atom. The van der Waals surface area contributed by atoms with Gasteiger partial charge in [0.15, 0.2) is 0 Å². The summed E-state index contributed by atoms with van der Waals surface area (Å²) < 4.78 is 13.5. The van der Waals surface area contributed by atoms with Crippen molar-refractivity contribution < 1.29 is 9.18 Å². The van der Waals surface area contributed by atoms with E-state index >= 15 is 0 Å². The second-order valence-corrected chi connectivity index (χ2v) is 7.03. The highest BCUT2D eigenvalue weighted by atomic mass is 35.5. The Kier molecular flexibility index (Phi) is 5.40. The maximum Gasteiger partial charge on any atom is 0.253 e. The van der Waals surface area contributed by atoms with E-state index in [2.05, 4.69) is 5.32 Å². The van der Waals surface area contributed by atoms with Crippen molar-refractivity contribution in [3.8, 4) is 0 Å². The minimum atomic E-state index is -0.229. The van der Waals surface area contributed by atoms with Crippen molar-refractivity contribution in [1.82, 2.24) is 10.2 Å². The van der Waals surface area contributed by atoms with Crippen molar-refractivity contribution >= 4 is 17.5 Å². The number of piperidine rings is 1. The average Bonchev–Trinajstić information content (AvgIpc) is 2.61. The molecule has 3 nitrogen and oxygen atoms in total. The van der Waals surface area contributed by atoms with E-state index in [1.165, 1.54) is 6.07 Å². The fourth-order valence-corrected chi connectivity index (χ4v) is 3.75. The highest BCUT2D eigenvalue weighted by Gasteiger charge is 2.33. The quantitative estimate of drug-likeness (QED) is 0.897. The molecule has 1 fully saturated rings. The van der Waals surface area contributed by atoms with Crippen molar-refractivity contribution in [2.75, 3.05) is 20.1 Å². The molecule has 3 rings (SSSR count). The van der Waals surface area contributed by atoms with Gasteiger partial charge >= 0.3 is 0 Å². The Labute approximate surface area is 152 Å². The smallest absolute Gasteiger partial charge is 0.253 e. The summed E-state index contributed by atoms with van der Waals surface area (Å²) in [5, 5.41) is 4.01. The minimum absolute atomic E-state index is 0.0201. The number of carbonyl (C=O) groups is 1. The predicted octanol–water partition coefficient (Wildman–Crippen LogP) is 4.01. The first-order chi connectivity index (χ1) is 12.0. The molecular weight excluding hydrogens is 339 g/mol. The van der Waals surface area contributed by atoms with Gasteiger partial charge in [0.25, 0.3) is 5.91 Å². The molecule has 25 heavy (non-hydrogen) atoms. The van der Waals surface area contributed by atoms with Crippen LogP contribution in [-0.2, 0) is 0 Å². The second-order valence-electron chi connectivity index (χ2n) is 6.59. The number of carbonyl (C=O) groups excluding carboxylic acids is 1. The first-order valence-electron chi connectivity index (χ1n) is 8.47. The van der Waals surface area contributed by atoms with Gasteiger partial charge in [0.1, 0.15) is 5.82 Å². The van der Waals surface area contributed by atoms with E-state index in [0.717, 1.165) is 30.6 Å². The molecule has 1 aliphatic rings. The Balaban J connectivity index is 1.87. The van der Waals surface area contributed by atoms with E-state index in [-0.39, 0.29) is 23.7 Å². The molecule has 1 N–H and O–H groups in total. The number of hydrogen-bond donors (Lipinski definition) is 1. The zero-order chi connectivity index (χ0) is 18.0. The maximum atomic E-state index is 13.5. The Hall–Kier alpha value is -1.91.